The van der Waals surface area contributed by atoms with Crippen molar-refractivity contribution in [1.82, 2.24) is 9.55 Å². The number of para-hydroxylation sites is 5. The van der Waals surface area contributed by atoms with Crippen LogP contribution in [-0.2, 0) is 26.5 Å². The summed E-state index contributed by atoms with van der Waals surface area (Å²) in [6, 6.07) is 60.7. The van der Waals surface area contributed by atoms with Gasteiger partial charge in [0.15, 0.2) is 6.71 Å². The monoisotopic (exact) mass is 956 g/mol. The van der Waals surface area contributed by atoms with E-state index in [2.05, 4.69) is 135 Å². The van der Waals surface area contributed by atoms with Gasteiger partial charge in [0.05, 0.1) is 22.4 Å². The van der Waals surface area contributed by atoms with Crippen LogP contribution in [0, 0.1) is 18.5 Å². The van der Waals surface area contributed by atoms with Gasteiger partial charge in [-0.15, -0.1) is 12.1 Å². The van der Waals surface area contributed by atoms with Crippen molar-refractivity contribution in [3.05, 3.63) is 188 Å². The van der Waals surface area contributed by atoms with Crippen LogP contribution in [0.3, 0.4) is 0 Å². The van der Waals surface area contributed by atoms with Crippen molar-refractivity contribution in [3.8, 4) is 68.3 Å². The molecule has 0 N–H and O–H groups in total. The van der Waals surface area contributed by atoms with Crippen molar-refractivity contribution >= 4 is 34.1 Å². The van der Waals surface area contributed by atoms with Gasteiger partial charge in [-0.05, 0) is 75.1 Å². The van der Waals surface area contributed by atoms with E-state index in [-0.39, 0.29) is 33.2 Å². The molecule has 7 aromatic carbocycles. The molecule has 2 aliphatic heterocycles. The molecule has 8 heteroatoms. The van der Waals surface area contributed by atoms with Crippen LogP contribution < -0.4 is 35.2 Å². The maximum atomic E-state index is 6.53. The number of hydrogen-bond donors (Lipinski definition) is 0. The van der Waals surface area contributed by atoms with Crippen molar-refractivity contribution in [1.29, 1.82) is 0 Å². The van der Waals surface area contributed by atoms with Gasteiger partial charge in [-0.3, -0.25) is 9.55 Å². The number of pyridine rings is 1. The van der Waals surface area contributed by atoms with Crippen LogP contribution in [0.15, 0.2) is 164 Å². The predicted molar refractivity (Wildman–Crippen MR) is 233 cm³/mol. The van der Waals surface area contributed by atoms with Crippen LogP contribution in [-0.4, -0.2) is 16.3 Å². The van der Waals surface area contributed by atoms with Crippen molar-refractivity contribution in [2.75, 3.05) is 0 Å². The molecule has 0 aliphatic carbocycles. The summed E-state index contributed by atoms with van der Waals surface area (Å²) in [5, 5.41) is 0. The van der Waals surface area contributed by atoms with Gasteiger partial charge >= 0.3 is 0 Å². The molecule has 11 rings (SSSR count). The van der Waals surface area contributed by atoms with Crippen molar-refractivity contribution in [2.45, 2.75) is 26.2 Å². The summed E-state index contributed by atoms with van der Waals surface area (Å²) in [7, 11) is 0. The summed E-state index contributed by atoms with van der Waals surface area (Å²) in [4.78, 5) is 4.76. The molecule has 0 bridgehead atoms. The summed E-state index contributed by atoms with van der Waals surface area (Å²) in [5.74, 6) is 3.89. The van der Waals surface area contributed by atoms with Crippen molar-refractivity contribution < 1.29 is 39.8 Å². The largest absolute Gasteiger partial charge is 0.510 e. The Morgan fingerprint density at radius 3 is 2.20 bits per heavy atom. The van der Waals surface area contributed by atoms with Crippen molar-refractivity contribution in [2.24, 2.45) is 0 Å². The Balaban J connectivity index is 0.00000433. The second-order valence-electron chi connectivity index (χ2n) is 16.0. The number of imidazole rings is 1. The van der Waals surface area contributed by atoms with Gasteiger partial charge < -0.3 is 18.8 Å². The Labute approximate surface area is 364 Å². The number of hydrogen-bond acceptors (Lipinski definition) is 4. The number of fused-ring (bicyclic) bond motifs is 5. The first-order chi connectivity index (χ1) is 28.9. The summed E-state index contributed by atoms with van der Waals surface area (Å²) in [5.41, 5.74) is 12.4. The minimum Gasteiger partial charge on any atom is -0.510 e. The van der Waals surface area contributed by atoms with Gasteiger partial charge in [0.25, 0.3) is 6.33 Å². The zero-order valence-corrected chi connectivity index (χ0v) is 35.3. The molecule has 0 fully saturated rings. The Morgan fingerprint density at radius 1 is 0.650 bits per heavy atom. The van der Waals surface area contributed by atoms with Crippen molar-refractivity contribution in [3.63, 3.8) is 0 Å². The van der Waals surface area contributed by atoms with Crippen LogP contribution >= 0.6 is 0 Å². The van der Waals surface area contributed by atoms with Crippen LogP contribution in [0.4, 0.5) is 0 Å². The summed E-state index contributed by atoms with van der Waals surface area (Å²) in [6.07, 6.45) is 5.58. The first-order valence-electron chi connectivity index (χ1n) is 19.8. The van der Waals surface area contributed by atoms with Gasteiger partial charge in [0.1, 0.15) is 11.5 Å². The second kappa shape index (κ2) is 14.8. The normalized spacial score (nSPS) is 12.3. The number of nitrogens with zero attached hydrogens (tertiary/aromatic N) is 3. The van der Waals surface area contributed by atoms with Gasteiger partial charge in [-0.1, -0.05) is 135 Å². The zero-order chi connectivity index (χ0) is 39.7. The topological polar surface area (TPSA) is 49.4 Å². The average Bonchev–Trinajstić information content (AvgIpc) is 3.66. The molecule has 292 valence electrons. The SMILES string of the molecule is CC(C)(C)c1ccnc(-c2cccc(-c3ccccc3-[n+]3[c-]n(-c4[c-]c(Oc5[c-]c6c7c(c5)Oc5ccccc5B7c5ccccc5O6)ccc4)c4ccccc43)c2)c1.[Pt]. The maximum absolute atomic E-state index is 6.53. The van der Waals surface area contributed by atoms with E-state index in [1.165, 1.54) is 5.56 Å². The molecule has 0 radical (unpaired) electrons. The molecule has 0 unspecified atom stereocenters. The Bertz CT molecular complexity index is 3050. The number of benzene rings is 7. The van der Waals surface area contributed by atoms with E-state index in [0.29, 0.717) is 23.0 Å². The third-order valence-electron chi connectivity index (χ3n) is 11.2. The van der Waals surface area contributed by atoms with E-state index in [1.54, 1.807) is 0 Å². The average molecular weight is 957 g/mol. The standard InChI is InChI=1S/C52H36BN3O3.Pt/c1-52(2,3)36-26-27-54-43(29-36)35-15-12-14-34(28-35)40-18-4-7-21-44(40)56-33-55(45-22-8-9-23-46(45)56)37-16-13-17-38(30-37)57-39-31-49-51-50(32-39)59-48-25-11-6-20-42(48)53(51)41-19-5-10-24-47(41)58-49;/h4-29,31H,1-3H3;/q-2;. The molecular formula is C52H36BN3O3Pt-2. The molecule has 0 amide bonds. The van der Waals surface area contributed by atoms with Crippen LogP contribution in [0.1, 0.15) is 26.3 Å². The van der Waals surface area contributed by atoms with E-state index < -0.39 is 0 Å². The van der Waals surface area contributed by atoms with E-state index in [4.69, 9.17) is 19.2 Å². The molecular weight excluding hydrogens is 920 g/mol. The Hall–Kier alpha value is -6.69. The van der Waals surface area contributed by atoms with Gasteiger partial charge in [-0.2, -0.15) is 12.1 Å². The van der Waals surface area contributed by atoms with Crippen LogP contribution in [0.5, 0.6) is 34.5 Å². The van der Waals surface area contributed by atoms with Gasteiger partial charge in [-0.25, -0.2) is 0 Å². The molecule has 9 aromatic rings. The number of rotatable bonds is 6. The van der Waals surface area contributed by atoms with Crippen LogP contribution in [0.25, 0.3) is 44.8 Å². The smallest absolute Gasteiger partial charge is 0.268 e. The molecule has 0 saturated carbocycles. The molecule has 60 heavy (non-hydrogen) atoms. The third-order valence-corrected chi connectivity index (χ3v) is 11.2. The minimum absolute atomic E-state index is 0. The fraction of sp³-hybridized carbons (Fsp3) is 0.0769. The fourth-order valence-electron chi connectivity index (χ4n) is 8.32. The maximum Gasteiger partial charge on any atom is 0.268 e. The zero-order valence-electron chi connectivity index (χ0n) is 33.0. The molecule has 4 heterocycles. The van der Waals surface area contributed by atoms with E-state index >= 15 is 0 Å². The molecule has 0 spiro atoms. The summed E-state index contributed by atoms with van der Waals surface area (Å²) >= 11 is 0. The molecule has 0 atom stereocenters. The summed E-state index contributed by atoms with van der Waals surface area (Å²) < 4.78 is 23.6. The minimum atomic E-state index is -0.0315. The van der Waals surface area contributed by atoms with E-state index in [0.717, 1.165) is 72.7 Å². The van der Waals surface area contributed by atoms with E-state index in [1.807, 2.05) is 77.5 Å². The quantitative estimate of drug-likeness (QED) is 0.0947. The number of ether oxygens (including phenoxy) is 3. The summed E-state index contributed by atoms with van der Waals surface area (Å²) in [6.45, 7) is 6.65. The molecule has 6 nitrogen and oxygen atoms in total. The first kappa shape index (κ1) is 37.6. The Morgan fingerprint density at radius 2 is 1.37 bits per heavy atom. The Kier molecular flexibility index (Phi) is 9.30. The third kappa shape index (κ3) is 6.50. The van der Waals surface area contributed by atoms with Gasteiger partial charge in [0.2, 0.25) is 0 Å². The van der Waals surface area contributed by atoms with Gasteiger partial charge in [0, 0.05) is 55.8 Å². The first-order valence-corrected chi connectivity index (χ1v) is 19.8. The predicted octanol–water partition coefficient (Wildman–Crippen LogP) is 9.85. The molecule has 0 saturated heterocycles. The van der Waals surface area contributed by atoms with Crippen LogP contribution in [0.2, 0.25) is 0 Å². The fourth-order valence-corrected chi connectivity index (χ4v) is 8.32. The molecule has 2 aliphatic rings. The van der Waals surface area contributed by atoms with E-state index in [9.17, 15) is 0 Å². The molecule has 2 aromatic heterocycles. The number of aromatic nitrogens is 3. The second-order valence-corrected chi connectivity index (χ2v) is 16.0.